The zero-order valence-corrected chi connectivity index (χ0v) is 13.9. The summed E-state index contributed by atoms with van der Waals surface area (Å²) in [5, 5.41) is 0. The number of likely N-dealkylation sites (tertiary alicyclic amines) is 1. The van der Waals surface area contributed by atoms with Crippen LogP contribution >= 0.6 is 0 Å². The summed E-state index contributed by atoms with van der Waals surface area (Å²) >= 11 is 0. The van der Waals surface area contributed by atoms with Crippen molar-refractivity contribution in [3.8, 4) is 0 Å². The molecule has 1 aliphatic rings. The van der Waals surface area contributed by atoms with Crippen molar-refractivity contribution >= 4 is 0 Å². The molecule has 1 saturated heterocycles. The Morgan fingerprint density at radius 3 is 2.57 bits per heavy atom. The average molecular weight is 315 g/mol. The van der Waals surface area contributed by atoms with Gasteiger partial charge in [-0.2, -0.15) is 0 Å². The average Bonchev–Trinajstić information content (AvgIpc) is 3.04. The SMILES string of the molecule is CCc1nccn1CCN1CCC(Cc2ccc(F)cc2)CC1. The number of nitrogens with zero attached hydrogens (tertiary/aromatic N) is 3. The molecule has 0 bridgehead atoms. The predicted octanol–water partition coefficient (Wildman–Crippen LogP) is 3.54. The van der Waals surface area contributed by atoms with Gasteiger partial charge in [0, 0.05) is 31.9 Å². The number of benzene rings is 1. The molecule has 3 rings (SSSR count). The molecule has 1 aromatic heterocycles. The summed E-state index contributed by atoms with van der Waals surface area (Å²) in [5.74, 6) is 1.77. The van der Waals surface area contributed by atoms with E-state index in [4.69, 9.17) is 0 Å². The van der Waals surface area contributed by atoms with E-state index in [1.54, 1.807) is 12.1 Å². The van der Waals surface area contributed by atoms with E-state index < -0.39 is 0 Å². The van der Waals surface area contributed by atoms with Gasteiger partial charge in [0.25, 0.3) is 0 Å². The van der Waals surface area contributed by atoms with Crippen LogP contribution in [-0.2, 0) is 19.4 Å². The van der Waals surface area contributed by atoms with Crippen molar-refractivity contribution in [3.05, 3.63) is 53.9 Å². The van der Waals surface area contributed by atoms with Crippen LogP contribution in [0.25, 0.3) is 0 Å². The first-order valence-electron chi connectivity index (χ1n) is 8.71. The quantitative estimate of drug-likeness (QED) is 0.813. The fourth-order valence-corrected chi connectivity index (χ4v) is 3.48. The number of hydrogen-bond acceptors (Lipinski definition) is 2. The molecule has 0 radical (unpaired) electrons. The fraction of sp³-hybridized carbons (Fsp3) is 0.526. The van der Waals surface area contributed by atoms with Crippen molar-refractivity contribution in [2.24, 2.45) is 5.92 Å². The van der Waals surface area contributed by atoms with Crippen LogP contribution in [-0.4, -0.2) is 34.1 Å². The number of hydrogen-bond donors (Lipinski definition) is 0. The van der Waals surface area contributed by atoms with E-state index in [-0.39, 0.29) is 5.82 Å². The van der Waals surface area contributed by atoms with Crippen LogP contribution in [0.3, 0.4) is 0 Å². The Morgan fingerprint density at radius 2 is 1.87 bits per heavy atom. The number of imidazole rings is 1. The number of aromatic nitrogens is 2. The first-order valence-corrected chi connectivity index (χ1v) is 8.71. The highest BCUT2D eigenvalue weighted by atomic mass is 19.1. The molecule has 23 heavy (non-hydrogen) atoms. The second kappa shape index (κ2) is 7.73. The van der Waals surface area contributed by atoms with Gasteiger partial charge >= 0.3 is 0 Å². The summed E-state index contributed by atoms with van der Waals surface area (Å²) in [4.78, 5) is 6.94. The molecule has 2 aromatic rings. The van der Waals surface area contributed by atoms with Crippen LogP contribution in [0.4, 0.5) is 4.39 Å². The lowest BCUT2D eigenvalue weighted by atomic mass is 9.90. The zero-order valence-electron chi connectivity index (χ0n) is 13.9. The van der Waals surface area contributed by atoms with E-state index >= 15 is 0 Å². The second-order valence-electron chi connectivity index (χ2n) is 6.51. The highest BCUT2D eigenvalue weighted by Crippen LogP contribution is 2.21. The van der Waals surface area contributed by atoms with Crippen molar-refractivity contribution in [1.82, 2.24) is 14.5 Å². The van der Waals surface area contributed by atoms with Gasteiger partial charge in [-0.3, -0.25) is 0 Å². The summed E-state index contributed by atoms with van der Waals surface area (Å²) in [7, 11) is 0. The summed E-state index contributed by atoms with van der Waals surface area (Å²) in [6, 6.07) is 6.99. The van der Waals surface area contributed by atoms with E-state index in [2.05, 4.69) is 27.6 Å². The maximum Gasteiger partial charge on any atom is 0.123 e. The molecule has 0 unspecified atom stereocenters. The van der Waals surface area contributed by atoms with E-state index in [0.29, 0.717) is 0 Å². The molecule has 0 atom stereocenters. The van der Waals surface area contributed by atoms with Gasteiger partial charge in [-0.1, -0.05) is 19.1 Å². The molecule has 0 spiro atoms. The minimum Gasteiger partial charge on any atom is -0.334 e. The van der Waals surface area contributed by atoms with Crippen molar-refractivity contribution in [3.63, 3.8) is 0 Å². The third-order valence-corrected chi connectivity index (χ3v) is 4.92. The van der Waals surface area contributed by atoms with E-state index in [0.717, 1.165) is 31.8 Å². The van der Waals surface area contributed by atoms with Gasteiger partial charge in [-0.05, 0) is 56.0 Å². The van der Waals surface area contributed by atoms with Gasteiger partial charge in [0.05, 0.1) is 0 Å². The molecule has 2 heterocycles. The first kappa shape index (κ1) is 16.2. The molecule has 0 saturated carbocycles. The van der Waals surface area contributed by atoms with Crippen molar-refractivity contribution < 1.29 is 4.39 Å². The predicted molar refractivity (Wildman–Crippen MR) is 90.9 cm³/mol. The summed E-state index contributed by atoms with van der Waals surface area (Å²) in [6.07, 6.45) is 8.53. The topological polar surface area (TPSA) is 21.1 Å². The molecule has 1 aromatic carbocycles. The summed E-state index contributed by atoms with van der Waals surface area (Å²) in [6.45, 7) is 6.63. The molecule has 3 nitrogen and oxygen atoms in total. The highest BCUT2D eigenvalue weighted by molar-refractivity contribution is 5.16. The third kappa shape index (κ3) is 4.41. The Hall–Kier alpha value is -1.68. The number of rotatable bonds is 6. The molecule has 1 aliphatic heterocycles. The van der Waals surface area contributed by atoms with E-state index in [1.807, 2.05) is 18.3 Å². The zero-order chi connectivity index (χ0) is 16.1. The Kier molecular flexibility index (Phi) is 5.44. The Morgan fingerprint density at radius 1 is 1.13 bits per heavy atom. The van der Waals surface area contributed by atoms with Crippen LogP contribution in [0, 0.1) is 11.7 Å². The summed E-state index contributed by atoms with van der Waals surface area (Å²) in [5.41, 5.74) is 1.26. The minimum absolute atomic E-state index is 0.144. The molecular formula is C19H26FN3. The number of aryl methyl sites for hydroxylation is 1. The Bertz CT molecular complexity index is 597. The van der Waals surface area contributed by atoms with Gasteiger partial charge in [0.2, 0.25) is 0 Å². The summed E-state index contributed by atoms with van der Waals surface area (Å²) < 4.78 is 15.2. The first-order chi connectivity index (χ1) is 11.2. The normalized spacial score (nSPS) is 16.8. The van der Waals surface area contributed by atoms with Crippen LogP contribution in [0.15, 0.2) is 36.7 Å². The minimum atomic E-state index is -0.144. The fourth-order valence-electron chi connectivity index (χ4n) is 3.48. The lowest BCUT2D eigenvalue weighted by molar-refractivity contribution is 0.178. The van der Waals surface area contributed by atoms with Crippen molar-refractivity contribution in [2.75, 3.05) is 19.6 Å². The molecule has 0 aliphatic carbocycles. The van der Waals surface area contributed by atoms with Gasteiger partial charge in [0.15, 0.2) is 0 Å². The van der Waals surface area contributed by atoms with Gasteiger partial charge in [-0.25, -0.2) is 9.37 Å². The molecule has 0 N–H and O–H groups in total. The smallest absolute Gasteiger partial charge is 0.123 e. The maximum absolute atomic E-state index is 13.0. The highest BCUT2D eigenvalue weighted by Gasteiger charge is 2.19. The van der Waals surface area contributed by atoms with E-state index in [9.17, 15) is 4.39 Å². The Labute approximate surface area is 138 Å². The standard InChI is InChI=1S/C19H26FN3/c1-2-19-21-9-12-23(19)14-13-22-10-7-17(8-11-22)15-16-3-5-18(20)6-4-16/h3-6,9,12,17H,2,7-8,10-11,13-15H2,1H3. The molecule has 0 amide bonds. The molecule has 124 valence electrons. The second-order valence-corrected chi connectivity index (χ2v) is 6.51. The molecular weight excluding hydrogens is 289 g/mol. The largest absolute Gasteiger partial charge is 0.334 e. The third-order valence-electron chi connectivity index (χ3n) is 4.92. The monoisotopic (exact) mass is 315 g/mol. The number of halogens is 1. The van der Waals surface area contributed by atoms with Crippen molar-refractivity contribution in [2.45, 2.75) is 39.2 Å². The van der Waals surface area contributed by atoms with Crippen LogP contribution in [0.1, 0.15) is 31.2 Å². The van der Waals surface area contributed by atoms with Crippen molar-refractivity contribution in [1.29, 1.82) is 0 Å². The number of piperidine rings is 1. The van der Waals surface area contributed by atoms with Gasteiger partial charge in [0.1, 0.15) is 11.6 Å². The lowest BCUT2D eigenvalue weighted by Crippen LogP contribution is -2.36. The van der Waals surface area contributed by atoms with Crippen LogP contribution in [0.5, 0.6) is 0 Å². The molecule has 4 heteroatoms. The van der Waals surface area contributed by atoms with Crippen LogP contribution < -0.4 is 0 Å². The molecule has 1 fully saturated rings. The van der Waals surface area contributed by atoms with Gasteiger partial charge < -0.3 is 9.47 Å². The Balaban J connectivity index is 1.42. The lowest BCUT2D eigenvalue weighted by Gasteiger charge is -2.32. The van der Waals surface area contributed by atoms with Gasteiger partial charge in [-0.15, -0.1) is 0 Å². The maximum atomic E-state index is 13.0. The van der Waals surface area contributed by atoms with Crippen LogP contribution in [0.2, 0.25) is 0 Å². The van der Waals surface area contributed by atoms with E-state index in [1.165, 1.54) is 37.3 Å².